The Kier molecular flexibility index (Phi) is 6.77. The second kappa shape index (κ2) is 11.7. The van der Waals surface area contributed by atoms with Crippen LogP contribution in [0.4, 0.5) is 0 Å². The van der Waals surface area contributed by atoms with E-state index in [1.807, 2.05) is 11.3 Å². The smallest absolute Gasteiger partial charge is 0.0562 e. The van der Waals surface area contributed by atoms with E-state index in [0.717, 1.165) is 0 Å². The molecule has 0 saturated heterocycles. The second-order valence-corrected chi connectivity index (χ2v) is 18.7. The highest BCUT2D eigenvalue weighted by Gasteiger charge is 2.38. The van der Waals surface area contributed by atoms with E-state index in [-0.39, 0.29) is 10.8 Å². The maximum absolute atomic E-state index is 2.57. The van der Waals surface area contributed by atoms with Crippen LogP contribution in [0.15, 0.2) is 158 Å². The Morgan fingerprint density at radius 1 is 0.404 bits per heavy atom. The average molecular weight is 751 g/mol. The maximum Gasteiger partial charge on any atom is 0.0562 e. The third-order valence-corrected chi connectivity index (χ3v) is 14.5. The van der Waals surface area contributed by atoms with Crippen LogP contribution in [0.3, 0.4) is 0 Å². The number of thiophene rings is 1. The number of rotatable bonds is 3. The molecule has 1 aliphatic rings. The molecular weight excluding hydrogens is 709 g/mol. The van der Waals surface area contributed by atoms with Crippen LogP contribution in [0.5, 0.6) is 0 Å². The number of benzene rings is 8. The minimum Gasteiger partial charge on any atom is -0.309 e. The summed E-state index contributed by atoms with van der Waals surface area (Å²) in [7, 11) is 0. The molecule has 0 aliphatic heterocycles. The normalized spacial score (nSPS) is 15.2. The molecule has 0 bridgehead atoms. The van der Waals surface area contributed by atoms with Crippen molar-refractivity contribution in [1.29, 1.82) is 0 Å². The van der Waals surface area contributed by atoms with E-state index < -0.39 is 0 Å². The van der Waals surface area contributed by atoms with Gasteiger partial charge in [-0.25, -0.2) is 0 Å². The second-order valence-electron chi connectivity index (χ2n) is 17.6. The van der Waals surface area contributed by atoms with Crippen molar-refractivity contribution in [2.45, 2.75) is 51.4 Å². The summed E-state index contributed by atoms with van der Waals surface area (Å²) in [5, 5.41) is 10.5. The zero-order chi connectivity index (χ0) is 38.2. The minimum absolute atomic E-state index is 0.0879. The van der Waals surface area contributed by atoms with Crippen LogP contribution in [-0.2, 0) is 10.8 Å². The van der Waals surface area contributed by atoms with Crippen molar-refractivity contribution in [3.63, 3.8) is 0 Å². The van der Waals surface area contributed by atoms with E-state index in [1.165, 1.54) is 121 Å². The number of para-hydroxylation sites is 1. The molecule has 0 spiro atoms. The molecule has 0 radical (unpaired) electrons. The predicted molar refractivity (Wildman–Crippen MR) is 246 cm³/mol. The molecule has 2 nitrogen and oxygen atoms in total. The van der Waals surface area contributed by atoms with Crippen LogP contribution in [0.25, 0.3) is 97.1 Å². The lowest BCUT2D eigenvalue weighted by Gasteiger charge is -2.42. The van der Waals surface area contributed by atoms with Gasteiger partial charge in [0.05, 0.1) is 22.1 Å². The molecule has 274 valence electrons. The highest BCUT2D eigenvalue weighted by atomic mass is 32.1. The van der Waals surface area contributed by atoms with E-state index in [2.05, 4.69) is 195 Å². The summed E-state index contributed by atoms with van der Waals surface area (Å²) in [5.74, 6) is 0. The molecule has 11 aromatic rings. The number of fused-ring (bicyclic) bond motifs is 12. The lowest BCUT2D eigenvalue weighted by Crippen LogP contribution is -2.33. The summed E-state index contributed by atoms with van der Waals surface area (Å²) >= 11 is 1.88. The van der Waals surface area contributed by atoms with Gasteiger partial charge in [-0.15, -0.1) is 11.3 Å². The lowest BCUT2D eigenvalue weighted by molar-refractivity contribution is 0.332. The van der Waals surface area contributed by atoms with Crippen LogP contribution in [0.2, 0.25) is 0 Å². The third-order valence-electron chi connectivity index (χ3n) is 13.3. The molecule has 0 N–H and O–H groups in total. The zero-order valence-corrected chi connectivity index (χ0v) is 33.5. The fraction of sp³-hybridized carbons (Fsp3) is 0.148. The van der Waals surface area contributed by atoms with E-state index in [9.17, 15) is 0 Å². The van der Waals surface area contributed by atoms with Gasteiger partial charge in [0, 0.05) is 53.1 Å². The van der Waals surface area contributed by atoms with Gasteiger partial charge < -0.3 is 9.13 Å². The molecular formula is C54H42N2S. The number of nitrogens with zero attached hydrogens (tertiary/aromatic N) is 2. The minimum atomic E-state index is 0.0879. The molecule has 3 heteroatoms. The van der Waals surface area contributed by atoms with Gasteiger partial charge in [0.15, 0.2) is 0 Å². The Morgan fingerprint density at radius 3 is 1.88 bits per heavy atom. The first kappa shape index (κ1) is 33.0. The number of hydrogen-bond acceptors (Lipinski definition) is 1. The zero-order valence-electron chi connectivity index (χ0n) is 32.7. The van der Waals surface area contributed by atoms with Gasteiger partial charge in [0.25, 0.3) is 0 Å². The molecule has 0 saturated carbocycles. The molecule has 3 heterocycles. The van der Waals surface area contributed by atoms with Crippen molar-refractivity contribution in [2.75, 3.05) is 0 Å². The summed E-state index contributed by atoms with van der Waals surface area (Å²) in [6.07, 6.45) is 2.36. The first-order chi connectivity index (χ1) is 27.7. The van der Waals surface area contributed by atoms with Crippen LogP contribution in [-0.4, -0.2) is 9.13 Å². The summed E-state index contributed by atoms with van der Waals surface area (Å²) in [6.45, 7) is 9.78. The van der Waals surface area contributed by atoms with Crippen molar-refractivity contribution < 1.29 is 0 Å². The summed E-state index contributed by atoms with van der Waals surface area (Å²) < 4.78 is 7.71. The first-order valence-electron chi connectivity index (χ1n) is 20.3. The van der Waals surface area contributed by atoms with Crippen molar-refractivity contribution in [3.05, 3.63) is 169 Å². The molecule has 8 aromatic carbocycles. The predicted octanol–water partition coefficient (Wildman–Crippen LogP) is 15.4. The van der Waals surface area contributed by atoms with Crippen molar-refractivity contribution in [3.8, 4) is 22.5 Å². The lowest BCUT2D eigenvalue weighted by atomic mass is 9.63. The van der Waals surface area contributed by atoms with Crippen molar-refractivity contribution >= 4 is 85.9 Å². The van der Waals surface area contributed by atoms with E-state index in [4.69, 9.17) is 0 Å². The molecule has 0 fully saturated rings. The number of hydrogen-bond donors (Lipinski definition) is 0. The average Bonchev–Trinajstić information content (AvgIpc) is 3.88. The van der Waals surface area contributed by atoms with Gasteiger partial charge in [-0.1, -0.05) is 113 Å². The summed E-state index contributed by atoms with van der Waals surface area (Å²) in [6, 6.07) is 59.5. The largest absolute Gasteiger partial charge is 0.309 e. The monoisotopic (exact) mass is 750 g/mol. The van der Waals surface area contributed by atoms with E-state index >= 15 is 0 Å². The highest BCUT2D eigenvalue weighted by Crippen LogP contribution is 2.50. The van der Waals surface area contributed by atoms with Crippen molar-refractivity contribution in [2.24, 2.45) is 0 Å². The fourth-order valence-corrected chi connectivity index (χ4v) is 11.3. The molecule has 1 aliphatic carbocycles. The van der Waals surface area contributed by atoms with Crippen LogP contribution in [0, 0.1) is 0 Å². The van der Waals surface area contributed by atoms with Crippen LogP contribution < -0.4 is 0 Å². The number of aromatic nitrogens is 2. The highest BCUT2D eigenvalue weighted by molar-refractivity contribution is 7.25. The summed E-state index contributed by atoms with van der Waals surface area (Å²) in [4.78, 5) is 0. The van der Waals surface area contributed by atoms with Crippen molar-refractivity contribution in [1.82, 2.24) is 9.13 Å². The molecule has 57 heavy (non-hydrogen) atoms. The molecule has 12 rings (SSSR count). The quantitative estimate of drug-likeness (QED) is 0.170. The Balaban J connectivity index is 1.20. The van der Waals surface area contributed by atoms with Crippen LogP contribution in [0.1, 0.15) is 51.7 Å². The van der Waals surface area contributed by atoms with Gasteiger partial charge in [0.1, 0.15) is 0 Å². The Morgan fingerprint density at radius 2 is 1.04 bits per heavy atom. The topological polar surface area (TPSA) is 9.86 Å². The Hall–Kier alpha value is -6.16. The molecule has 0 amide bonds. The summed E-state index contributed by atoms with van der Waals surface area (Å²) in [5.41, 5.74) is 13.0. The Labute approximate surface area is 336 Å². The van der Waals surface area contributed by atoms with Gasteiger partial charge in [-0.2, -0.15) is 0 Å². The molecule has 3 aromatic heterocycles. The van der Waals surface area contributed by atoms with Gasteiger partial charge >= 0.3 is 0 Å². The van der Waals surface area contributed by atoms with E-state index in [0.29, 0.717) is 0 Å². The van der Waals surface area contributed by atoms with Gasteiger partial charge in [-0.05, 0) is 129 Å². The SMILES string of the molecule is CC1(C)CCC(C)(C)c2cc3c(cc21)c1cc2c4c5ccccc5ccc4n(-c4ccccc4)c2cc1n3-c1cccc(-c2ccc3sc4ccccc4c3c2)c1. The van der Waals surface area contributed by atoms with Gasteiger partial charge in [0.2, 0.25) is 0 Å². The van der Waals surface area contributed by atoms with Crippen LogP contribution >= 0.6 is 11.3 Å². The standard InChI is InChI=1S/C54H42N2S/c1-53(2)25-26-54(3,4)45-31-47-41(30-44(45)53)40-29-43-49(55(36-15-6-5-7-16-36)46-23-21-33-13-8-9-18-38(33)52(43)46)32-48(40)56(47)37-17-12-14-34(27-37)35-22-24-51-42(28-35)39-19-10-11-20-50(39)57-51/h5-24,27-32H,25-26H2,1-4H3. The molecule has 0 atom stereocenters. The fourth-order valence-electron chi connectivity index (χ4n) is 10.2. The maximum atomic E-state index is 2.57. The van der Waals surface area contributed by atoms with E-state index in [1.54, 1.807) is 0 Å². The first-order valence-corrected chi connectivity index (χ1v) is 21.1. The third kappa shape index (κ3) is 4.76. The Bertz CT molecular complexity index is 3460. The van der Waals surface area contributed by atoms with Gasteiger partial charge in [-0.3, -0.25) is 0 Å². The molecule has 0 unspecified atom stereocenters.